The average molecular weight is 251 g/mol. The number of carbonyl (C=O) groups excluding carboxylic acids is 1. The molecule has 1 rings (SSSR count). The van der Waals surface area contributed by atoms with Crippen LogP contribution in [0.15, 0.2) is 12.1 Å². The third-order valence-corrected chi connectivity index (χ3v) is 2.82. The molecular weight excluding hydrogens is 230 g/mol. The number of carbonyl (C=O) groups is 1. The summed E-state index contributed by atoms with van der Waals surface area (Å²) in [5.74, 6) is 0.997. The van der Waals surface area contributed by atoms with Gasteiger partial charge in [0.05, 0.1) is 12.2 Å². The van der Waals surface area contributed by atoms with Crippen LogP contribution in [0.1, 0.15) is 13.8 Å². The van der Waals surface area contributed by atoms with Gasteiger partial charge in [-0.05, 0) is 26.0 Å². The average Bonchev–Trinajstić information content (AvgIpc) is 2.34. The normalized spacial score (nSPS) is 10.2. The van der Waals surface area contributed by atoms with Crippen LogP contribution >= 0.6 is 0 Å². The molecule has 0 unspecified atom stereocenters. The Morgan fingerprint density at radius 2 is 1.89 bits per heavy atom. The highest BCUT2D eigenvalue weighted by Crippen LogP contribution is 2.17. The third kappa shape index (κ3) is 3.26. The van der Waals surface area contributed by atoms with E-state index in [2.05, 4.69) is 4.98 Å². The Hall–Kier alpha value is -1.98. The van der Waals surface area contributed by atoms with Crippen molar-refractivity contribution in [3.63, 3.8) is 0 Å². The molecule has 0 aromatic carbocycles. The van der Waals surface area contributed by atoms with E-state index in [1.54, 1.807) is 29.0 Å². The molecule has 0 saturated carbocycles. The zero-order chi connectivity index (χ0) is 13.7. The zero-order valence-electron chi connectivity index (χ0n) is 11.2. The van der Waals surface area contributed by atoms with Gasteiger partial charge in [-0.15, -0.1) is 0 Å². The van der Waals surface area contributed by atoms with Crippen LogP contribution in [-0.2, 0) is 4.79 Å². The zero-order valence-corrected chi connectivity index (χ0v) is 11.2. The Bertz CT molecular complexity index is 417. The molecule has 0 bridgehead atoms. The molecule has 0 atom stereocenters. The highest BCUT2D eigenvalue weighted by molar-refractivity contribution is 5.81. The molecule has 6 nitrogen and oxygen atoms in total. The summed E-state index contributed by atoms with van der Waals surface area (Å²) in [6.45, 7) is 5.61. The Morgan fingerprint density at radius 3 is 2.39 bits per heavy atom. The van der Waals surface area contributed by atoms with E-state index in [0.717, 1.165) is 0 Å². The lowest BCUT2D eigenvalue weighted by Crippen LogP contribution is -2.39. The van der Waals surface area contributed by atoms with Gasteiger partial charge in [-0.1, -0.05) is 0 Å². The van der Waals surface area contributed by atoms with E-state index >= 15 is 0 Å². The number of nitrogen functional groups attached to an aromatic ring is 2. The summed E-state index contributed by atoms with van der Waals surface area (Å²) in [4.78, 5) is 19.6. The predicted molar refractivity (Wildman–Crippen MR) is 74.3 cm³/mol. The van der Waals surface area contributed by atoms with Gasteiger partial charge in [-0.2, -0.15) is 0 Å². The smallest absolute Gasteiger partial charge is 0.242 e. The Balaban J connectivity index is 2.73. The number of amides is 1. The molecule has 0 fully saturated rings. The van der Waals surface area contributed by atoms with E-state index in [1.165, 1.54) is 0 Å². The monoisotopic (exact) mass is 251 g/mol. The van der Waals surface area contributed by atoms with E-state index in [9.17, 15) is 4.79 Å². The highest BCUT2D eigenvalue weighted by Gasteiger charge is 2.13. The van der Waals surface area contributed by atoms with Gasteiger partial charge in [0, 0.05) is 20.1 Å². The minimum absolute atomic E-state index is 0.0692. The maximum atomic E-state index is 11.9. The minimum Gasteiger partial charge on any atom is -0.396 e. The molecule has 0 aliphatic rings. The number of nitrogens with zero attached hydrogens (tertiary/aromatic N) is 3. The van der Waals surface area contributed by atoms with Crippen LogP contribution < -0.4 is 16.4 Å². The minimum atomic E-state index is 0.0692. The van der Waals surface area contributed by atoms with E-state index in [1.807, 2.05) is 13.8 Å². The summed E-state index contributed by atoms with van der Waals surface area (Å²) >= 11 is 0. The molecule has 1 aromatic heterocycles. The first-order chi connectivity index (χ1) is 8.49. The van der Waals surface area contributed by atoms with Crippen LogP contribution in [0.3, 0.4) is 0 Å². The number of rotatable bonds is 5. The summed E-state index contributed by atoms with van der Waals surface area (Å²) in [7, 11) is 1.80. The molecule has 0 radical (unpaired) electrons. The molecule has 0 aliphatic carbocycles. The SMILES string of the molecule is CCN(CC)C(=O)CN(C)c1ccc(N)c(N)n1. The molecule has 1 amide bonds. The van der Waals surface area contributed by atoms with Gasteiger partial charge in [-0.3, -0.25) is 4.79 Å². The number of pyridine rings is 1. The van der Waals surface area contributed by atoms with Crippen LogP contribution in [0.5, 0.6) is 0 Å². The largest absolute Gasteiger partial charge is 0.396 e. The van der Waals surface area contributed by atoms with Gasteiger partial charge in [0.25, 0.3) is 0 Å². The number of aromatic nitrogens is 1. The predicted octanol–water partition coefficient (Wildman–Crippen LogP) is 0.551. The number of likely N-dealkylation sites (N-methyl/N-ethyl adjacent to an activating group) is 2. The number of nitrogens with two attached hydrogens (primary N) is 2. The van der Waals surface area contributed by atoms with Crippen LogP contribution in [0.2, 0.25) is 0 Å². The fourth-order valence-corrected chi connectivity index (χ4v) is 1.65. The van der Waals surface area contributed by atoms with Crippen molar-refractivity contribution < 1.29 is 4.79 Å². The maximum Gasteiger partial charge on any atom is 0.242 e. The molecule has 100 valence electrons. The molecule has 18 heavy (non-hydrogen) atoms. The third-order valence-electron chi connectivity index (χ3n) is 2.82. The first-order valence-corrected chi connectivity index (χ1v) is 6.00. The Labute approximate surface area is 108 Å². The van der Waals surface area contributed by atoms with Gasteiger partial charge in [0.15, 0.2) is 0 Å². The van der Waals surface area contributed by atoms with Gasteiger partial charge >= 0.3 is 0 Å². The number of hydrogen-bond acceptors (Lipinski definition) is 5. The van der Waals surface area contributed by atoms with Crippen molar-refractivity contribution in [1.29, 1.82) is 0 Å². The van der Waals surface area contributed by atoms with Gasteiger partial charge in [0.1, 0.15) is 11.6 Å². The lowest BCUT2D eigenvalue weighted by molar-refractivity contribution is -0.129. The molecule has 1 heterocycles. The van der Waals surface area contributed by atoms with E-state index in [4.69, 9.17) is 11.5 Å². The van der Waals surface area contributed by atoms with E-state index < -0.39 is 0 Å². The second-order valence-corrected chi connectivity index (χ2v) is 4.07. The lowest BCUT2D eigenvalue weighted by atomic mass is 10.3. The first kappa shape index (κ1) is 14.1. The van der Waals surface area contributed by atoms with Gasteiger partial charge < -0.3 is 21.3 Å². The summed E-state index contributed by atoms with van der Waals surface area (Å²) in [6, 6.07) is 3.44. The fourth-order valence-electron chi connectivity index (χ4n) is 1.65. The highest BCUT2D eigenvalue weighted by atomic mass is 16.2. The first-order valence-electron chi connectivity index (χ1n) is 6.00. The fraction of sp³-hybridized carbons (Fsp3) is 0.500. The summed E-state index contributed by atoms with van der Waals surface area (Å²) < 4.78 is 0. The Morgan fingerprint density at radius 1 is 1.28 bits per heavy atom. The van der Waals surface area contributed by atoms with Crippen LogP contribution in [0.25, 0.3) is 0 Å². The van der Waals surface area contributed by atoms with Crippen molar-refractivity contribution >= 4 is 23.2 Å². The molecule has 0 aliphatic heterocycles. The summed E-state index contributed by atoms with van der Waals surface area (Å²) in [6.07, 6.45) is 0. The second-order valence-electron chi connectivity index (χ2n) is 4.07. The van der Waals surface area contributed by atoms with Crippen molar-refractivity contribution in [2.45, 2.75) is 13.8 Å². The van der Waals surface area contributed by atoms with Crippen molar-refractivity contribution in [2.75, 3.05) is 43.0 Å². The topological polar surface area (TPSA) is 88.5 Å². The summed E-state index contributed by atoms with van der Waals surface area (Å²) in [5.41, 5.74) is 11.7. The van der Waals surface area contributed by atoms with Crippen LogP contribution in [0, 0.1) is 0 Å². The van der Waals surface area contributed by atoms with Crippen molar-refractivity contribution in [1.82, 2.24) is 9.88 Å². The molecule has 4 N–H and O–H groups in total. The summed E-state index contributed by atoms with van der Waals surface area (Å²) in [5, 5.41) is 0. The Kier molecular flexibility index (Phi) is 4.76. The molecule has 0 spiro atoms. The number of anilines is 3. The van der Waals surface area contributed by atoms with E-state index in [0.29, 0.717) is 24.6 Å². The van der Waals surface area contributed by atoms with E-state index in [-0.39, 0.29) is 18.3 Å². The van der Waals surface area contributed by atoms with Crippen molar-refractivity contribution in [3.8, 4) is 0 Å². The van der Waals surface area contributed by atoms with Crippen molar-refractivity contribution in [3.05, 3.63) is 12.1 Å². The van der Waals surface area contributed by atoms with Crippen LogP contribution in [0.4, 0.5) is 17.3 Å². The van der Waals surface area contributed by atoms with Gasteiger partial charge in [-0.25, -0.2) is 4.98 Å². The second kappa shape index (κ2) is 6.09. The van der Waals surface area contributed by atoms with Crippen LogP contribution in [-0.4, -0.2) is 42.5 Å². The lowest BCUT2D eigenvalue weighted by Gasteiger charge is -2.24. The van der Waals surface area contributed by atoms with Crippen molar-refractivity contribution in [2.24, 2.45) is 0 Å². The standard InChI is InChI=1S/C12H21N5O/c1-4-17(5-2)11(18)8-16(3)10-7-6-9(13)12(14)15-10/h6-7H,4-5,8,13H2,1-3H3,(H2,14,15). The molecule has 0 saturated heterocycles. The number of hydrogen-bond donors (Lipinski definition) is 2. The van der Waals surface area contributed by atoms with Gasteiger partial charge in [0.2, 0.25) is 5.91 Å². The molecule has 6 heteroatoms. The molecular formula is C12H21N5O. The molecule has 1 aromatic rings. The quantitative estimate of drug-likeness (QED) is 0.798. The maximum absolute atomic E-state index is 11.9.